The lowest BCUT2D eigenvalue weighted by molar-refractivity contribution is -0.162. The quantitative estimate of drug-likeness (QED) is 0.805. The van der Waals surface area contributed by atoms with E-state index in [-0.39, 0.29) is 17.9 Å². The number of carbonyl (C=O) groups excluding carboxylic acids is 1. The van der Waals surface area contributed by atoms with Gasteiger partial charge in [0.05, 0.1) is 5.52 Å². The molecule has 4 nitrogen and oxygen atoms in total. The Morgan fingerprint density at radius 2 is 1.96 bits per heavy atom. The number of benzene rings is 1. The van der Waals surface area contributed by atoms with Crippen molar-refractivity contribution >= 4 is 23.0 Å². The van der Waals surface area contributed by atoms with Crippen LogP contribution in [0.4, 0.5) is 13.2 Å². The molecule has 2 aromatic rings. The van der Waals surface area contributed by atoms with E-state index >= 15 is 0 Å². The van der Waals surface area contributed by atoms with Crippen LogP contribution in [-0.2, 0) is 4.79 Å². The number of amides is 1. The third-order valence-electron chi connectivity index (χ3n) is 5.26. The SMILES string of the molecule is CC1CC(c2ccc(C3C=N3)c3ncccc23)CN(C(=O)CC(F)(F)F)C1. The summed E-state index contributed by atoms with van der Waals surface area (Å²) in [6, 6.07) is 7.96. The van der Waals surface area contributed by atoms with Crippen molar-refractivity contribution in [2.45, 2.75) is 37.9 Å². The van der Waals surface area contributed by atoms with Gasteiger partial charge < -0.3 is 4.90 Å². The fraction of sp³-hybridized carbons (Fsp3) is 0.450. The Balaban J connectivity index is 1.64. The van der Waals surface area contributed by atoms with Gasteiger partial charge in [-0.05, 0) is 24.0 Å². The lowest BCUT2D eigenvalue weighted by atomic mass is 9.83. The van der Waals surface area contributed by atoms with Gasteiger partial charge in [-0.2, -0.15) is 13.2 Å². The number of halogens is 3. The molecule has 3 atom stereocenters. The number of alkyl halides is 3. The molecule has 1 aromatic heterocycles. The highest BCUT2D eigenvalue weighted by Crippen LogP contribution is 2.38. The molecular weight excluding hydrogens is 355 g/mol. The average molecular weight is 375 g/mol. The van der Waals surface area contributed by atoms with Crippen molar-refractivity contribution in [2.75, 3.05) is 13.1 Å². The number of aromatic nitrogens is 1. The molecule has 7 heteroatoms. The maximum atomic E-state index is 12.6. The number of nitrogens with zero attached hydrogens (tertiary/aromatic N) is 3. The molecule has 142 valence electrons. The first-order valence-corrected chi connectivity index (χ1v) is 9.07. The van der Waals surface area contributed by atoms with Crippen molar-refractivity contribution < 1.29 is 18.0 Å². The minimum atomic E-state index is -4.48. The largest absolute Gasteiger partial charge is 0.397 e. The van der Waals surface area contributed by atoms with E-state index < -0.39 is 18.5 Å². The van der Waals surface area contributed by atoms with Gasteiger partial charge in [0, 0.05) is 42.4 Å². The molecule has 0 bridgehead atoms. The lowest BCUT2D eigenvalue weighted by Gasteiger charge is -2.37. The predicted molar refractivity (Wildman–Crippen MR) is 96.8 cm³/mol. The second kappa shape index (κ2) is 6.62. The number of carbonyl (C=O) groups is 1. The molecule has 0 saturated carbocycles. The van der Waals surface area contributed by atoms with Crippen molar-refractivity contribution in [3.05, 3.63) is 41.6 Å². The molecule has 3 heterocycles. The van der Waals surface area contributed by atoms with Crippen LogP contribution in [0.5, 0.6) is 0 Å². The third kappa shape index (κ3) is 3.82. The minimum Gasteiger partial charge on any atom is -0.342 e. The van der Waals surface area contributed by atoms with Crippen molar-refractivity contribution in [3.63, 3.8) is 0 Å². The van der Waals surface area contributed by atoms with Crippen LogP contribution in [0.3, 0.4) is 0 Å². The monoisotopic (exact) mass is 375 g/mol. The van der Waals surface area contributed by atoms with E-state index in [4.69, 9.17) is 0 Å². The smallest absolute Gasteiger partial charge is 0.342 e. The molecule has 0 radical (unpaired) electrons. The summed E-state index contributed by atoms with van der Waals surface area (Å²) in [6.07, 6.45) is -1.44. The standard InChI is InChI=1S/C20H20F3N3O/c1-12-7-13(11-26(10-12)18(27)8-20(21,22)23)14-4-5-16(17-9-25-17)19-15(14)3-2-6-24-19/h2-6,9,12-13,17H,7-8,10-11H2,1H3. The number of hydrogen-bond donors (Lipinski definition) is 0. The number of hydrogen-bond acceptors (Lipinski definition) is 3. The molecule has 3 unspecified atom stereocenters. The van der Waals surface area contributed by atoms with Crippen LogP contribution >= 0.6 is 0 Å². The van der Waals surface area contributed by atoms with Crippen LogP contribution in [0.1, 0.15) is 42.9 Å². The topological polar surface area (TPSA) is 45.6 Å². The number of pyridine rings is 1. The molecule has 27 heavy (non-hydrogen) atoms. The van der Waals surface area contributed by atoms with E-state index in [1.54, 1.807) is 6.20 Å². The summed E-state index contributed by atoms with van der Waals surface area (Å²) in [7, 11) is 0. The fourth-order valence-electron chi connectivity index (χ4n) is 4.08. The third-order valence-corrected chi connectivity index (χ3v) is 5.26. The molecule has 2 aliphatic rings. The number of aliphatic imine (C=N–C) groups is 1. The van der Waals surface area contributed by atoms with Gasteiger partial charge in [-0.1, -0.05) is 25.1 Å². The van der Waals surface area contributed by atoms with Crippen molar-refractivity contribution in [3.8, 4) is 0 Å². The molecule has 0 aliphatic carbocycles. The molecule has 1 fully saturated rings. The Hall–Kier alpha value is -2.44. The van der Waals surface area contributed by atoms with Crippen LogP contribution in [0.15, 0.2) is 35.5 Å². The van der Waals surface area contributed by atoms with Crippen LogP contribution < -0.4 is 0 Å². The van der Waals surface area contributed by atoms with Gasteiger partial charge in [0.15, 0.2) is 0 Å². The summed E-state index contributed by atoms with van der Waals surface area (Å²) in [5, 5.41) is 0.993. The van der Waals surface area contributed by atoms with Gasteiger partial charge in [0.2, 0.25) is 5.91 Å². The highest BCUT2D eigenvalue weighted by Gasteiger charge is 2.37. The van der Waals surface area contributed by atoms with Gasteiger partial charge >= 0.3 is 6.18 Å². The van der Waals surface area contributed by atoms with Crippen molar-refractivity contribution in [1.29, 1.82) is 0 Å². The second-order valence-corrected chi connectivity index (χ2v) is 7.52. The molecule has 4 rings (SSSR count). The van der Waals surface area contributed by atoms with E-state index in [1.165, 1.54) is 4.90 Å². The summed E-state index contributed by atoms with van der Waals surface area (Å²) in [4.78, 5) is 22.2. The van der Waals surface area contributed by atoms with Crippen LogP contribution in [0, 0.1) is 5.92 Å². The first kappa shape index (κ1) is 17.9. The lowest BCUT2D eigenvalue weighted by Crippen LogP contribution is -2.43. The van der Waals surface area contributed by atoms with E-state index in [0.29, 0.717) is 13.1 Å². The Morgan fingerprint density at radius 3 is 2.67 bits per heavy atom. The maximum Gasteiger partial charge on any atom is 0.397 e. The van der Waals surface area contributed by atoms with Gasteiger partial charge in [-0.15, -0.1) is 0 Å². The minimum absolute atomic E-state index is 0.00759. The average Bonchev–Trinajstić information content (AvgIpc) is 3.43. The molecule has 1 aromatic carbocycles. The van der Waals surface area contributed by atoms with Gasteiger partial charge in [0.1, 0.15) is 12.5 Å². The zero-order valence-corrected chi connectivity index (χ0v) is 14.9. The van der Waals surface area contributed by atoms with Crippen molar-refractivity contribution in [1.82, 2.24) is 9.88 Å². The van der Waals surface area contributed by atoms with Gasteiger partial charge in [-0.3, -0.25) is 14.8 Å². The summed E-state index contributed by atoms with van der Waals surface area (Å²) in [5.41, 5.74) is 2.96. The second-order valence-electron chi connectivity index (χ2n) is 7.52. The number of piperidine rings is 1. The maximum absolute atomic E-state index is 12.6. The number of likely N-dealkylation sites (tertiary alicyclic amines) is 1. The summed E-state index contributed by atoms with van der Waals surface area (Å²) in [6.45, 7) is 2.66. The van der Waals surface area contributed by atoms with Crippen LogP contribution in [0.2, 0.25) is 0 Å². The first-order chi connectivity index (χ1) is 12.8. The summed E-state index contributed by atoms with van der Waals surface area (Å²) >= 11 is 0. The van der Waals surface area contributed by atoms with E-state index in [0.717, 1.165) is 28.5 Å². The molecule has 1 saturated heterocycles. The van der Waals surface area contributed by atoms with Gasteiger partial charge in [0.25, 0.3) is 0 Å². The Morgan fingerprint density at radius 1 is 1.22 bits per heavy atom. The van der Waals surface area contributed by atoms with Crippen molar-refractivity contribution in [2.24, 2.45) is 10.9 Å². The predicted octanol–water partition coefficient (Wildman–Crippen LogP) is 4.26. The fourth-order valence-corrected chi connectivity index (χ4v) is 4.08. The van der Waals surface area contributed by atoms with E-state index in [9.17, 15) is 18.0 Å². The normalized spacial score (nSPS) is 25.0. The summed E-state index contributed by atoms with van der Waals surface area (Å²) in [5.74, 6) is -0.713. The zero-order valence-electron chi connectivity index (χ0n) is 14.9. The van der Waals surface area contributed by atoms with E-state index in [2.05, 4.69) is 9.98 Å². The molecule has 0 N–H and O–H groups in total. The number of rotatable bonds is 3. The Kier molecular flexibility index (Phi) is 4.40. The summed E-state index contributed by atoms with van der Waals surface area (Å²) < 4.78 is 37.9. The Labute approximate surface area is 155 Å². The molecule has 0 spiro atoms. The first-order valence-electron chi connectivity index (χ1n) is 9.07. The van der Waals surface area contributed by atoms with Crippen LogP contribution in [0.25, 0.3) is 10.9 Å². The Bertz CT molecular complexity index is 903. The number of fused-ring (bicyclic) bond motifs is 1. The molecule has 2 aliphatic heterocycles. The zero-order chi connectivity index (χ0) is 19.2. The highest BCUT2D eigenvalue weighted by molar-refractivity contribution is 5.92. The van der Waals surface area contributed by atoms with Crippen LogP contribution in [-0.4, -0.2) is 41.3 Å². The van der Waals surface area contributed by atoms with E-state index in [1.807, 2.05) is 37.4 Å². The highest BCUT2D eigenvalue weighted by atomic mass is 19.4. The molecular formula is C20H20F3N3O. The van der Waals surface area contributed by atoms with Gasteiger partial charge in [-0.25, -0.2) is 0 Å². The molecule has 1 amide bonds.